The van der Waals surface area contributed by atoms with E-state index in [1.54, 1.807) is 32.6 Å². The van der Waals surface area contributed by atoms with Crippen LogP contribution in [0.5, 0.6) is 11.5 Å². The van der Waals surface area contributed by atoms with Gasteiger partial charge in [0, 0.05) is 12.0 Å². The molecule has 0 aliphatic carbocycles. The highest BCUT2D eigenvalue weighted by atomic mass is 16.5. The Morgan fingerprint density at radius 1 is 1.18 bits per heavy atom. The molecule has 0 heterocycles. The molecule has 0 bridgehead atoms. The van der Waals surface area contributed by atoms with Gasteiger partial charge in [0.2, 0.25) is 5.91 Å². The molecule has 0 fully saturated rings. The summed E-state index contributed by atoms with van der Waals surface area (Å²) >= 11 is 0. The Morgan fingerprint density at radius 3 is 2.64 bits per heavy atom. The number of benzene rings is 1. The first-order valence-electron chi connectivity index (χ1n) is 7.75. The second-order valence-corrected chi connectivity index (χ2v) is 5.07. The van der Waals surface area contributed by atoms with Crippen LogP contribution in [0.3, 0.4) is 0 Å². The monoisotopic (exact) mass is 306 g/mol. The van der Waals surface area contributed by atoms with E-state index in [9.17, 15) is 4.79 Å². The summed E-state index contributed by atoms with van der Waals surface area (Å²) in [6.07, 6.45) is 7.70. The SMILES string of the molecule is CCCCCCCC(=O)N/N=C/c1cc(OC)ccc1OC. The Balaban J connectivity index is 2.43. The van der Waals surface area contributed by atoms with E-state index in [1.807, 2.05) is 6.07 Å². The Bertz CT molecular complexity index is 487. The quantitative estimate of drug-likeness (QED) is 0.409. The van der Waals surface area contributed by atoms with Gasteiger partial charge in [0.25, 0.3) is 0 Å². The molecule has 1 aromatic carbocycles. The van der Waals surface area contributed by atoms with Crippen molar-refractivity contribution >= 4 is 12.1 Å². The minimum Gasteiger partial charge on any atom is -0.497 e. The van der Waals surface area contributed by atoms with E-state index in [2.05, 4.69) is 17.5 Å². The molecule has 0 aromatic heterocycles. The maximum atomic E-state index is 11.7. The van der Waals surface area contributed by atoms with Crippen LogP contribution in [-0.4, -0.2) is 26.3 Å². The van der Waals surface area contributed by atoms with E-state index in [0.717, 1.165) is 18.4 Å². The normalized spacial score (nSPS) is 10.7. The van der Waals surface area contributed by atoms with Crippen molar-refractivity contribution in [3.05, 3.63) is 23.8 Å². The first kappa shape index (κ1) is 18.0. The fraction of sp³-hybridized carbons (Fsp3) is 0.529. The maximum Gasteiger partial charge on any atom is 0.240 e. The zero-order valence-corrected chi connectivity index (χ0v) is 13.7. The van der Waals surface area contributed by atoms with Crippen molar-refractivity contribution in [2.75, 3.05) is 14.2 Å². The average Bonchev–Trinajstić information content (AvgIpc) is 2.54. The lowest BCUT2D eigenvalue weighted by Crippen LogP contribution is -2.17. The van der Waals surface area contributed by atoms with Crippen LogP contribution in [0.1, 0.15) is 51.0 Å². The fourth-order valence-electron chi connectivity index (χ4n) is 2.06. The van der Waals surface area contributed by atoms with E-state index >= 15 is 0 Å². The molecule has 0 spiro atoms. The third kappa shape index (κ3) is 6.61. The zero-order chi connectivity index (χ0) is 16.2. The lowest BCUT2D eigenvalue weighted by molar-refractivity contribution is -0.121. The molecule has 0 unspecified atom stereocenters. The van der Waals surface area contributed by atoms with Gasteiger partial charge < -0.3 is 9.47 Å². The van der Waals surface area contributed by atoms with Crippen LogP contribution in [0.25, 0.3) is 0 Å². The third-order valence-electron chi connectivity index (χ3n) is 3.34. The van der Waals surface area contributed by atoms with Gasteiger partial charge in [-0.2, -0.15) is 5.10 Å². The van der Waals surface area contributed by atoms with Gasteiger partial charge in [0.05, 0.1) is 20.4 Å². The summed E-state index contributed by atoms with van der Waals surface area (Å²) in [4.78, 5) is 11.7. The van der Waals surface area contributed by atoms with Gasteiger partial charge in [-0.1, -0.05) is 32.6 Å². The van der Waals surface area contributed by atoms with E-state index in [1.165, 1.54) is 19.3 Å². The standard InChI is InChI=1S/C17H26N2O3/c1-4-5-6-7-8-9-17(20)19-18-13-14-12-15(21-2)10-11-16(14)22-3/h10-13H,4-9H2,1-3H3,(H,19,20)/b18-13+. The largest absolute Gasteiger partial charge is 0.497 e. The predicted molar refractivity (Wildman–Crippen MR) is 88.7 cm³/mol. The van der Waals surface area contributed by atoms with Crippen molar-refractivity contribution in [3.8, 4) is 11.5 Å². The summed E-state index contributed by atoms with van der Waals surface area (Å²) in [7, 11) is 3.19. The Morgan fingerprint density at radius 2 is 1.95 bits per heavy atom. The molecule has 0 saturated carbocycles. The topological polar surface area (TPSA) is 59.9 Å². The number of amides is 1. The molecular weight excluding hydrogens is 280 g/mol. The minimum absolute atomic E-state index is 0.0605. The number of hydrogen-bond acceptors (Lipinski definition) is 4. The first-order valence-corrected chi connectivity index (χ1v) is 7.75. The van der Waals surface area contributed by atoms with E-state index in [4.69, 9.17) is 9.47 Å². The number of unbranched alkanes of at least 4 members (excludes halogenated alkanes) is 4. The van der Waals surface area contributed by atoms with Gasteiger partial charge >= 0.3 is 0 Å². The van der Waals surface area contributed by atoms with Crippen LogP contribution in [0.15, 0.2) is 23.3 Å². The number of nitrogens with one attached hydrogen (secondary N) is 1. The van der Waals surface area contributed by atoms with Gasteiger partial charge in [-0.15, -0.1) is 0 Å². The van der Waals surface area contributed by atoms with Crippen LogP contribution in [0, 0.1) is 0 Å². The maximum absolute atomic E-state index is 11.7. The van der Waals surface area contributed by atoms with Gasteiger partial charge in [-0.05, 0) is 24.6 Å². The van der Waals surface area contributed by atoms with Gasteiger partial charge in [0.1, 0.15) is 11.5 Å². The number of hydrogen-bond donors (Lipinski definition) is 1. The fourth-order valence-corrected chi connectivity index (χ4v) is 2.06. The first-order chi connectivity index (χ1) is 10.7. The van der Waals surface area contributed by atoms with Crippen LogP contribution >= 0.6 is 0 Å². The van der Waals surface area contributed by atoms with Crippen LogP contribution in [0.4, 0.5) is 0 Å². The highest BCUT2D eigenvalue weighted by Gasteiger charge is 2.03. The summed E-state index contributed by atoms with van der Waals surface area (Å²) in [5.41, 5.74) is 3.30. The average molecular weight is 306 g/mol. The molecule has 0 saturated heterocycles. The molecule has 0 aliphatic heterocycles. The predicted octanol–water partition coefficient (Wildman–Crippen LogP) is 3.51. The van der Waals surface area contributed by atoms with Crippen molar-refractivity contribution < 1.29 is 14.3 Å². The van der Waals surface area contributed by atoms with Crippen molar-refractivity contribution in [1.82, 2.24) is 5.43 Å². The summed E-state index contributed by atoms with van der Waals surface area (Å²) in [6, 6.07) is 5.42. The highest BCUT2D eigenvalue weighted by molar-refractivity contribution is 5.85. The van der Waals surface area contributed by atoms with E-state index in [-0.39, 0.29) is 5.91 Å². The van der Waals surface area contributed by atoms with Crippen molar-refractivity contribution in [2.24, 2.45) is 5.10 Å². The Labute approximate surface area is 132 Å². The third-order valence-corrected chi connectivity index (χ3v) is 3.34. The number of ether oxygens (including phenoxy) is 2. The van der Waals surface area contributed by atoms with Crippen LogP contribution in [0.2, 0.25) is 0 Å². The van der Waals surface area contributed by atoms with Crippen molar-refractivity contribution in [3.63, 3.8) is 0 Å². The lowest BCUT2D eigenvalue weighted by atomic mass is 10.1. The number of methoxy groups -OCH3 is 2. The van der Waals surface area contributed by atoms with E-state index < -0.39 is 0 Å². The molecule has 5 nitrogen and oxygen atoms in total. The molecule has 1 N–H and O–H groups in total. The van der Waals surface area contributed by atoms with Gasteiger partial charge in [0.15, 0.2) is 0 Å². The zero-order valence-electron chi connectivity index (χ0n) is 13.7. The van der Waals surface area contributed by atoms with Crippen LogP contribution < -0.4 is 14.9 Å². The van der Waals surface area contributed by atoms with Crippen molar-refractivity contribution in [2.45, 2.75) is 45.4 Å². The highest BCUT2D eigenvalue weighted by Crippen LogP contribution is 2.22. The summed E-state index contributed by atoms with van der Waals surface area (Å²) in [5, 5.41) is 3.98. The second kappa shape index (κ2) is 10.7. The molecular formula is C17H26N2O3. The molecule has 122 valence electrons. The minimum atomic E-state index is -0.0605. The summed E-state index contributed by atoms with van der Waals surface area (Å²) in [5.74, 6) is 1.33. The Kier molecular flexibility index (Phi) is 8.72. The Hall–Kier alpha value is -2.04. The summed E-state index contributed by atoms with van der Waals surface area (Å²) < 4.78 is 10.4. The number of hydrazone groups is 1. The molecule has 0 aliphatic rings. The molecule has 0 radical (unpaired) electrons. The number of carbonyl (C=O) groups excluding carboxylic acids is 1. The molecule has 0 atom stereocenters. The number of rotatable bonds is 10. The molecule has 1 rings (SSSR count). The number of nitrogens with zero attached hydrogens (tertiary/aromatic N) is 1. The van der Waals surface area contributed by atoms with Gasteiger partial charge in [-0.25, -0.2) is 5.43 Å². The lowest BCUT2D eigenvalue weighted by Gasteiger charge is -2.06. The molecule has 1 amide bonds. The van der Waals surface area contributed by atoms with Gasteiger partial charge in [-0.3, -0.25) is 4.79 Å². The second-order valence-electron chi connectivity index (χ2n) is 5.07. The van der Waals surface area contributed by atoms with E-state index in [0.29, 0.717) is 17.9 Å². The molecule has 1 aromatic rings. The molecule has 5 heteroatoms. The summed E-state index contributed by atoms with van der Waals surface area (Å²) in [6.45, 7) is 2.17. The molecule has 22 heavy (non-hydrogen) atoms. The number of carbonyl (C=O) groups is 1. The van der Waals surface area contributed by atoms with Crippen LogP contribution in [-0.2, 0) is 4.79 Å². The smallest absolute Gasteiger partial charge is 0.240 e. The van der Waals surface area contributed by atoms with Crippen molar-refractivity contribution in [1.29, 1.82) is 0 Å².